The van der Waals surface area contributed by atoms with E-state index in [0.29, 0.717) is 38.7 Å². The molecule has 0 saturated carbocycles. The summed E-state index contributed by atoms with van der Waals surface area (Å²) in [5.41, 5.74) is -1.04. The first kappa shape index (κ1) is 59.6. The van der Waals surface area contributed by atoms with E-state index in [1.807, 2.05) is 6.92 Å². The molecule has 11 heteroatoms. The van der Waals surface area contributed by atoms with E-state index in [1.54, 1.807) is 0 Å². The van der Waals surface area contributed by atoms with E-state index in [1.165, 1.54) is 15.6 Å². The normalized spacial score (nSPS) is 15.9. The van der Waals surface area contributed by atoms with Gasteiger partial charge in [-0.25, -0.2) is 0 Å². The van der Waals surface area contributed by atoms with E-state index in [2.05, 4.69) is 209 Å². The Morgan fingerprint density at radius 3 is 1.37 bits per heavy atom. The first-order valence-electron chi connectivity index (χ1n) is 24.8. The molecule has 0 aliphatic rings. The Morgan fingerprint density at radius 1 is 0.538 bits per heavy atom. The molecule has 2 rings (SSSR count). The average molecular weight is 984 g/mol. The molecule has 0 radical (unpaired) electrons. The second kappa shape index (κ2) is 22.5. The van der Waals surface area contributed by atoms with Crippen molar-refractivity contribution >= 4 is 63.3 Å². The third-order valence-corrected chi connectivity index (χ3v) is 36.5. The van der Waals surface area contributed by atoms with Crippen LogP contribution in [0, 0.1) is 0 Å². The van der Waals surface area contributed by atoms with Crippen molar-refractivity contribution in [2.45, 2.75) is 238 Å². The number of rotatable bonds is 25. The zero-order valence-electron chi connectivity index (χ0n) is 45.9. The van der Waals surface area contributed by atoms with Gasteiger partial charge in [0, 0.05) is 38.1 Å². The molecule has 65 heavy (non-hydrogen) atoms. The molecule has 0 aliphatic carbocycles. The van der Waals surface area contributed by atoms with Crippen LogP contribution < -0.4 is 10.4 Å². The van der Waals surface area contributed by atoms with Gasteiger partial charge in [0.2, 0.25) is 0 Å². The van der Waals surface area contributed by atoms with Gasteiger partial charge in [-0.1, -0.05) is 169 Å². The van der Waals surface area contributed by atoms with Gasteiger partial charge < -0.3 is 17.7 Å². The highest BCUT2D eigenvalue weighted by Crippen LogP contribution is 2.44. The summed E-state index contributed by atoms with van der Waals surface area (Å²) in [5, 5.41) is 3.61. The molecule has 0 N–H and O–H groups in total. The van der Waals surface area contributed by atoms with Gasteiger partial charge in [0.1, 0.15) is 11.4 Å². The summed E-state index contributed by atoms with van der Waals surface area (Å²) < 4.78 is 28.7. The van der Waals surface area contributed by atoms with Crippen LogP contribution in [0.1, 0.15) is 141 Å². The third kappa shape index (κ3) is 16.5. The molecule has 2 aromatic carbocycles. The highest BCUT2D eigenvalue weighted by molar-refractivity contribution is 6.99. The molecule has 0 saturated heterocycles. The molecule has 3 unspecified atom stereocenters. The topological polar surface area (TPSA) is 71.1 Å². The van der Waals surface area contributed by atoms with Crippen LogP contribution in [-0.4, -0.2) is 77.3 Å². The van der Waals surface area contributed by atoms with Gasteiger partial charge in [-0.05, 0) is 109 Å². The van der Waals surface area contributed by atoms with Crippen molar-refractivity contribution in [2.24, 2.45) is 0 Å². The maximum Gasteiger partial charge on any atom is 0.261 e. The van der Waals surface area contributed by atoms with Gasteiger partial charge in [0.25, 0.3) is 8.32 Å². The molecule has 0 aliphatic heterocycles. The standard InChI is InChI=1S/C54H98O6Si5/c1-43(61(15,16)17)42-46(59-63(20,21)51(5,6)7)38-40-54(14,60-64(22,23)52(8,9)10)49(56)37-35-44(55)34-36-45(58-62(18,19)50(2,3)4)39-41-57-65(53(11,12)13,47-30-26-24-27-31-47)48-32-28-25-29-33-48/h24-33,45-46H,1,34-42H2,2-23H3. The second-order valence-corrected chi connectivity index (χ2v) is 49.7. The molecule has 0 fully saturated rings. The highest BCUT2D eigenvalue weighted by Gasteiger charge is 2.51. The second-order valence-electron chi connectivity index (χ2n) is 26.0. The van der Waals surface area contributed by atoms with Crippen LogP contribution >= 0.6 is 0 Å². The minimum atomic E-state index is -2.75. The number of carbonyl (C=O) groups is 2. The largest absolute Gasteiger partial charge is 0.414 e. The zero-order valence-corrected chi connectivity index (χ0v) is 50.9. The number of Topliss-reactive ketones (excluding diaryl/α,β-unsaturated/α-hetero) is 2. The van der Waals surface area contributed by atoms with Crippen LogP contribution in [0.2, 0.25) is 79.1 Å². The van der Waals surface area contributed by atoms with E-state index in [0.717, 1.165) is 6.42 Å². The Morgan fingerprint density at radius 2 is 0.969 bits per heavy atom. The lowest BCUT2D eigenvalue weighted by Gasteiger charge is -2.45. The highest BCUT2D eigenvalue weighted by atomic mass is 28.4. The zero-order chi connectivity index (χ0) is 50.3. The van der Waals surface area contributed by atoms with Crippen LogP contribution in [-0.2, 0) is 27.3 Å². The van der Waals surface area contributed by atoms with Crippen LogP contribution in [0.25, 0.3) is 0 Å². The van der Waals surface area contributed by atoms with Gasteiger partial charge in [0.05, 0.1) is 8.07 Å². The molecular weight excluding hydrogens is 885 g/mol. The molecule has 0 heterocycles. The average Bonchev–Trinajstić information content (AvgIpc) is 3.14. The summed E-state index contributed by atoms with van der Waals surface area (Å²) in [7, 11) is -11.1. The molecule has 370 valence electrons. The van der Waals surface area contributed by atoms with Crippen molar-refractivity contribution in [3.63, 3.8) is 0 Å². The Labute approximate surface area is 405 Å². The number of hydrogen-bond acceptors (Lipinski definition) is 6. The molecule has 2 aromatic rings. The van der Waals surface area contributed by atoms with Crippen LogP contribution in [0.3, 0.4) is 0 Å². The maximum absolute atomic E-state index is 14.7. The smallest absolute Gasteiger partial charge is 0.261 e. The van der Waals surface area contributed by atoms with E-state index in [9.17, 15) is 9.59 Å². The van der Waals surface area contributed by atoms with Crippen molar-refractivity contribution < 1.29 is 27.3 Å². The fourth-order valence-electron chi connectivity index (χ4n) is 7.70. The molecule has 0 aromatic heterocycles. The predicted octanol–water partition coefficient (Wildman–Crippen LogP) is 14.8. The summed E-state index contributed by atoms with van der Waals surface area (Å²) in [4.78, 5) is 28.6. The lowest BCUT2D eigenvalue weighted by molar-refractivity contribution is -0.136. The first-order valence-corrected chi connectivity index (χ1v) is 38.9. The van der Waals surface area contributed by atoms with Crippen molar-refractivity contribution in [1.29, 1.82) is 0 Å². The van der Waals surface area contributed by atoms with Crippen molar-refractivity contribution in [3.8, 4) is 0 Å². The molecule has 6 nitrogen and oxygen atoms in total. The molecular formula is C54H98O6Si5. The van der Waals surface area contributed by atoms with Gasteiger partial charge >= 0.3 is 0 Å². The lowest BCUT2D eigenvalue weighted by Crippen LogP contribution is -2.66. The molecule has 3 atom stereocenters. The fourth-order valence-corrected chi connectivity index (χ4v) is 17.6. The number of hydrogen-bond donors (Lipinski definition) is 0. The third-order valence-electron chi connectivity index (χ3n) is 15.4. The minimum absolute atomic E-state index is 0.00574. The van der Waals surface area contributed by atoms with Crippen LogP contribution in [0.15, 0.2) is 72.4 Å². The Hall–Kier alpha value is -1.56. The lowest BCUT2D eigenvalue weighted by atomic mass is 9.89. The molecule has 0 amide bonds. The van der Waals surface area contributed by atoms with Crippen LogP contribution in [0.4, 0.5) is 0 Å². The Bertz CT molecular complexity index is 1790. The number of ketones is 2. The fraction of sp³-hybridized carbons (Fsp3) is 0.704. The van der Waals surface area contributed by atoms with Gasteiger partial charge in [-0.3, -0.25) is 9.59 Å². The van der Waals surface area contributed by atoms with Crippen LogP contribution in [0.5, 0.6) is 0 Å². The van der Waals surface area contributed by atoms with E-state index in [-0.39, 0.29) is 56.8 Å². The van der Waals surface area contributed by atoms with E-state index in [4.69, 9.17) is 17.7 Å². The monoisotopic (exact) mass is 983 g/mol. The summed E-state index contributed by atoms with van der Waals surface area (Å²) in [6.45, 7) is 54.9. The summed E-state index contributed by atoms with van der Waals surface area (Å²) >= 11 is 0. The SMILES string of the molecule is C=C(CC(CCC(C)(O[Si](C)(C)C(C)(C)C)C(=O)CCC(=O)CCC(CCO[Si](c1ccccc1)(c1ccccc1)C(C)(C)C)O[Si](C)(C)C(C)(C)C)O[Si](C)(C)C(C)(C)C)[Si](C)(C)C. The van der Waals surface area contributed by atoms with Gasteiger partial charge in [-0.2, -0.15) is 0 Å². The Balaban J connectivity index is 2.39. The predicted molar refractivity (Wildman–Crippen MR) is 294 cm³/mol. The van der Waals surface area contributed by atoms with E-state index < -0.39 is 46.9 Å². The number of carbonyl (C=O) groups excluding carboxylic acids is 2. The van der Waals surface area contributed by atoms with Gasteiger partial charge in [0.15, 0.2) is 30.7 Å². The molecule has 0 bridgehead atoms. The maximum atomic E-state index is 14.7. The summed E-state index contributed by atoms with van der Waals surface area (Å²) in [6, 6.07) is 21.5. The van der Waals surface area contributed by atoms with Crippen molar-refractivity contribution in [3.05, 3.63) is 72.4 Å². The van der Waals surface area contributed by atoms with Gasteiger partial charge in [-0.15, -0.1) is 6.58 Å². The molecule has 0 spiro atoms. The number of benzene rings is 2. The quantitative estimate of drug-likeness (QED) is 0.0923. The Kier molecular flexibility index (Phi) is 20.6. The summed E-state index contributed by atoms with van der Waals surface area (Å²) in [5.74, 6) is 0.105. The summed E-state index contributed by atoms with van der Waals surface area (Å²) in [6.07, 6.45) is 3.82. The van der Waals surface area contributed by atoms with E-state index >= 15 is 0 Å². The van der Waals surface area contributed by atoms with Crippen molar-refractivity contribution in [2.75, 3.05) is 6.61 Å². The van der Waals surface area contributed by atoms with Crippen molar-refractivity contribution in [1.82, 2.24) is 0 Å². The minimum Gasteiger partial charge on any atom is -0.414 e. The first-order chi connectivity index (χ1) is 29.2.